The second-order valence-electron chi connectivity index (χ2n) is 5.78. The zero-order valence-electron chi connectivity index (χ0n) is 14.0. The molecule has 9 heteroatoms. The summed E-state index contributed by atoms with van der Waals surface area (Å²) in [4.78, 5) is 27.3. The number of amides is 2. The van der Waals surface area contributed by atoms with Crippen LogP contribution < -0.4 is 10.1 Å². The summed E-state index contributed by atoms with van der Waals surface area (Å²) in [5.41, 5.74) is 0.383. The van der Waals surface area contributed by atoms with Gasteiger partial charge in [-0.2, -0.15) is 0 Å². The Balaban J connectivity index is 1.88. The van der Waals surface area contributed by atoms with Crippen LogP contribution in [-0.4, -0.2) is 60.2 Å². The van der Waals surface area contributed by atoms with E-state index in [0.29, 0.717) is 31.9 Å². The minimum atomic E-state index is -4.75. The minimum absolute atomic E-state index is 0.0120. The maximum atomic E-state index is 12.3. The SMILES string of the molecule is CC(=O)N1CCN([C@H](C)C(=O)Nc2ccc(OC(F)(F)F)cc2)CC1. The number of nitrogens with one attached hydrogen (secondary N) is 1. The van der Waals surface area contributed by atoms with E-state index in [1.54, 1.807) is 11.8 Å². The van der Waals surface area contributed by atoms with Crippen molar-refractivity contribution in [3.8, 4) is 5.75 Å². The van der Waals surface area contributed by atoms with Crippen LogP contribution in [0.2, 0.25) is 0 Å². The summed E-state index contributed by atoms with van der Waals surface area (Å²) < 4.78 is 40.1. The summed E-state index contributed by atoms with van der Waals surface area (Å²) in [5.74, 6) is -0.599. The third-order valence-corrected chi connectivity index (χ3v) is 4.04. The molecule has 6 nitrogen and oxygen atoms in total. The lowest BCUT2D eigenvalue weighted by molar-refractivity contribution is -0.274. The lowest BCUT2D eigenvalue weighted by Crippen LogP contribution is -2.53. The molecule has 0 aromatic heterocycles. The number of nitrogens with zero attached hydrogens (tertiary/aromatic N) is 2. The van der Waals surface area contributed by atoms with Gasteiger partial charge in [0.2, 0.25) is 11.8 Å². The topological polar surface area (TPSA) is 61.9 Å². The van der Waals surface area contributed by atoms with E-state index in [-0.39, 0.29) is 17.6 Å². The number of carbonyl (C=O) groups excluding carboxylic acids is 2. The van der Waals surface area contributed by atoms with Gasteiger partial charge in [-0.15, -0.1) is 13.2 Å². The molecule has 138 valence electrons. The van der Waals surface area contributed by atoms with E-state index in [9.17, 15) is 22.8 Å². The lowest BCUT2D eigenvalue weighted by Gasteiger charge is -2.37. The molecule has 1 heterocycles. The summed E-state index contributed by atoms with van der Waals surface area (Å²) in [6, 6.07) is 4.55. The molecule has 0 radical (unpaired) electrons. The maximum absolute atomic E-state index is 12.3. The van der Waals surface area contributed by atoms with Gasteiger partial charge in [0, 0.05) is 38.8 Å². The van der Waals surface area contributed by atoms with Crippen LogP contribution >= 0.6 is 0 Å². The van der Waals surface area contributed by atoms with Crippen LogP contribution in [0.3, 0.4) is 0 Å². The van der Waals surface area contributed by atoms with Crippen LogP contribution in [0, 0.1) is 0 Å². The van der Waals surface area contributed by atoms with Gasteiger partial charge in [-0.1, -0.05) is 0 Å². The van der Waals surface area contributed by atoms with Gasteiger partial charge in [0.1, 0.15) is 5.75 Å². The van der Waals surface area contributed by atoms with E-state index < -0.39 is 12.4 Å². The second-order valence-corrected chi connectivity index (χ2v) is 5.78. The van der Waals surface area contributed by atoms with Crippen LogP contribution in [0.5, 0.6) is 5.75 Å². The summed E-state index contributed by atoms with van der Waals surface area (Å²) in [6.07, 6.45) is -4.75. The number of rotatable bonds is 4. The first kappa shape index (κ1) is 19.0. The van der Waals surface area contributed by atoms with Gasteiger partial charge in [-0.05, 0) is 31.2 Å². The number of benzene rings is 1. The minimum Gasteiger partial charge on any atom is -0.406 e. The first-order chi connectivity index (χ1) is 11.7. The highest BCUT2D eigenvalue weighted by molar-refractivity contribution is 5.94. The molecule has 1 aliphatic heterocycles. The molecular formula is C16H20F3N3O3. The molecule has 1 aromatic carbocycles. The van der Waals surface area contributed by atoms with E-state index in [4.69, 9.17) is 0 Å². The highest BCUT2D eigenvalue weighted by Gasteiger charge is 2.31. The largest absolute Gasteiger partial charge is 0.573 e. The Morgan fingerprint density at radius 1 is 1.12 bits per heavy atom. The molecule has 0 bridgehead atoms. The Labute approximate surface area is 143 Å². The third-order valence-electron chi connectivity index (χ3n) is 4.04. The van der Waals surface area contributed by atoms with Gasteiger partial charge in [0.05, 0.1) is 6.04 Å². The van der Waals surface area contributed by atoms with E-state index in [1.807, 2.05) is 4.90 Å². The van der Waals surface area contributed by atoms with E-state index in [2.05, 4.69) is 10.1 Å². The highest BCUT2D eigenvalue weighted by Crippen LogP contribution is 2.24. The summed E-state index contributed by atoms with van der Waals surface area (Å²) >= 11 is 0. The molecule has 0 unspecified atom stereocenters. The van der Waals surface area contributed by atoms with Crippen molar-refractivity contribution in [2.75, 3.05) is 31.5 Å². The van der Waals surface area contributed by atoms with Gasteiger partial charge >= 0.3 is 6.36 Å². The van der Waals surface area contributed by atoms with Crippen molar-refractivity contribution in [3.63, 3.8) is 0 Å². The molecule has 1 aliphatic rings. The van der Waals surface area contributed by atoms with E-state index in [0.717, 1.165) is 12.1 Å². The van der Waals surface area contributed by atoms with Crippen molar-refractivity contribution < 1.29 is 27.5 Å². The van der Waals surface area contributed by atoms with Crippen LogP contribution in [0.15, 0.2) is 24.3 Å². The highest BCUT2D eigenvalue weighted by atomic mass is 19.4. The van der Waals surface area contributed by atoms with Crippen LogP contribution in [0.4, 0.5) is 18.9 Å². The van der Waals surface area contributed by atoms with Gasteiger partial charge < -0.3 is 15.0 Å². The third kappa shape index (κ3) is 5.63. The fourth-order valence-corrected chi connectivity index (χ4v) is 2.58. The number of carbonyl (C=O) groups is 2. The number of anilines is 1. The molecule has 1 fully saturated rings. The maximum Gasteiger partial charge on any atom is 0.573 e. The zero-order valence-corrected chi connectivity index (χ0v) is 14.0. The Kier molecular flexibility index (Phi) is 5.89. The predicted molar refractivity (Wildman–Crippen MR) is 85.0 cm³/mol. The van der Waals surface area contributed by atoms with Gasteiger partial charge in [0.15, 0.2) is 0 Å². The fraction of sp³-hybridized carbons (Fsp3) is 0.500. The Hall–Kier alpha value is -2.29. The number of ether oxygens (including phenoxy) is 1. The lowest BCUT2D eigenvalue weighted by atomic mass is 10.2. The molecule has 1 aromatic rings. The summed E-state index contributed by atoms with van der Waals surface area (Å²) in [5, 5.41) is 2.67. The Morgan fingerprint density at radius 2 is 1.68 bits per heavy atom. The molecule has 2 rings (SSSR count). The van der Waals surface area contributed by atoms with Crippen molar-refractivity contribution in [2.24, 2.45) is 0 Å². The van der Waals surface area contributed by atoms with Crippen molar-refractivity contribution in [1.82, 2.24) is 9.80 Å². The summed E-state index contributed by atoms with van der Waals surface area (Å²) in [7, 11) is 0. The quantitative estimate of drug-likeness (QED) is 0.894. The average molecular weight is 359 g/mol. The molecule has 1 N–H and O–H groups in total. The molecule has 2 amide bonds. The smallest absolute Gasteiger partial charge is 0.406 e. The molecule has 0 saturated carbocycles. The van der Waals surface area contributed by atoms with Crippen molar-refractivity contribution in [3.05, 3.63) is 24.3 Å². The average Bonchev–Trinajstić information content (AvgIpc) is 2.54. The number of hydrogen-bond donors (Lipinski definition) is 1. The molecule has 0 spiro atoms. The monoisotopic (exact) mass is 359 g/mol. The molecule has 1 saturated heterocycles. The number of alkyl halides is 3. The number of hydrogen-bond acceptors (Lipinski definition) is 4. The summed E-state index contributed by atoms with van der Waals surface area (Å²) in [6.45, 7) is 5.57. The van der Waals surface area contributed by atoms with Crippen LogP contribution in [-0.2, 0) is 9.59 Å². The van der Waals surface area contributed by atoms with Crippen LogP contribution in [0.1, 0.15) is 13.8 Å². The van der Waals surface area contributed by atoms with Gasteiger partial charge in [-0.3, -0.25) is 14.5 Å². The number of halogens is 3. The molecule has 0 aliphatic carbocycles. The zero-order chi connectivity index (χ0) is 18.6. The first-order valence-electron chi connectivity index (χ1n) is 7.82. The first-order valence-corrected chi connectivity index (χ1v) is 7.82. The van der Waals surface area contributed by atoms with Crippen molar-refractivity contribution in [2.45, 2.75) is 26.3 Å². The van der Waals surface area contributed by atoms with Gasteiger partial charge in [-0.25, -0.2) is 0 Å². The number of piperazine rings is 1. The second kappa shape index (κ2) is 7.73. The molecule has 1 atom stereocenters. The van der Waals surface area contributed by atoms with Gasteiger partial charge in [0.25, 0.3) is 0 Å². The normalized spacial score (nSPS) is 17.1. The van der Waals surface area contributed by atoms with E-state index in [1.165, 1.54) is 19.1 Å². The van der Waals surface area contributed by atoms with E-state index >= 15 is 0 Å². The Bertz CT molecular complexity index is 611. The molecular weight excluding hydrogens is 339 g/mol. The standard InChI is InChI=1S/C16H20F3N3O3/c1-11(21-7-9-22(10-8-21)12(2)23)15(24)20-13-3-5-14(6-4-13)25-16(17,18)19/h3-6,11H,7-10H2,1-2H3,(H,20,24)/t11-/m1/s1. The predicted octanol–water partition coefficient (Wildman–Crippen LogP) is 2.08. The van der Waals surface area contributed by atoms with Crippen molar-refractivity contribution in [1.29, 1.82) is 0 Å². The Morgan fingerprint density at radius 3 is 2.16 bits per heavy atom. The van der Waals surface area contributed by atoms with Crippen LogP contribution in [0.25, 0.3) is 0 Å². The van der Waals surface area contributed by atoms with Crippen molar-refractivity contribution >= 4 is 17.5 Å². The molecule has 25 heavy (non-hydrogen) atoms. The fourth-order valence-electron chi connectivity index (χ4n) is 2.58.